The van der Waals surface area contributed by atoms with E-state index in [9.17, 15) is 9.60 Å². The quantitative estimate of drug-likeness (QED) is 0.107. The first kappa shape index (κ1) is 24.5. The minimum atomic E-state index is -4.74. The molecule has 12 aromatic rings. The average Bonchev–Trinajstić information content (AvgIpc) is 0.717. The third-order valence-corrected chi connectivity index (χ3v) is 13.9. The second-order valence-corrected chi connectivity index (χ2v) is 20.2. The topological polar surface area (TPSA) is 35.9 Å². The van der Waals surface area contributed by atoms with Crippen LogP contribution in [0, 0.1) is 20.0 Å². The van der Waals surface area contributed by atoms with Gasteiger partial charge in [-0.3, -0.25) is 13.7 Å². The van der Waals surface area contributed by atoms with Crippen molar-refractivity contribution in [3.8, 4) is 73.2 Å². The number of hydrogen-bond donors (Lipinski definition) is 0. The van der Waals surface area contributed by atoms with Crippen LogP contribution in [0.25, 0.3) is 94.5 Å². The summed E-state index contributed by atoms with van der Waals surface area (Å²) >= 11 is 0. The summed E-state index contributed by atoms with van der Waals surface area (Å²) in [4.78, 5) is 4.67. The van der Waals surface area contributed by atoms with Gasteiger partial charge in [-0.25, -0.2) is 4.98 Å². The van der Waals surface area contributed by atoms with Gasteiger partial charge in [-0.05, 0) is 152 Å². The van der Waals surface area contributed by atoms with Crippen LogP contribution in [-0.4, -0.2) is 14.1 Å². The molecule has 0 amide bonds. The summed E-state index contributed by atoms with van der Waals surface area (Å²) in [6, 6.07) is 20.7. The van der Waals surface area contributed by atoms with Gasteiger partial charge in [0.25, 0.3) is 6.33 Å². The van der Waals surface area contributed by atoms with Crippen LogP contribution in [0.1, 0.15) is 137 Å². The van der Waals surface area contributed by atoms with Gasteiger partial charge < -0.3 is 4.74 Å². The van der Waals surface area contributed by atoms with E-state index in [0.29, 0.717) is 27.4 Å². The lowest BCUT2D eigenvalue weighted by atomic mass is 9.63. The summed E-state index contributed by atoms with van der Waals surface area (Å²) in [5, 5.41) is 1.28. The minimum Gasteiger partial charge on any atom is -0.458 e. The molecule has 388 valence electrons. The molecule has 79 heavy (non-hydrogen) atoms. The van der Waals surface area contributed by atoms with Crippen molar-refractivity contribution < 1.29 is 57.3 Å². The predicted molar refractivity (Wildman–Crippen MR) is 327 cm³/mol. The summed E-state index contributed by atoms with van der Waals surface area (Å²) in [7, 11) is 0. The minimum absolute atomic E-state index is 0.00681. The van der Waals surface area contributed by atoms with Gasteiger partial charge in [0.2, 0.25) is 0 Å². The number of imidazole rings is 1. The van der Waals surface area contributed by atoms with Crippen LogP contribution in [-0.2, 0) is 16.2 Å². The molecule has 0 aliphatic heterocycles. The molecule has 3 heterocycles. The van der Waals surface area contributed by atoms with E-state index < -0.39 is 182 Å². The monoisotopic (exact) mass is 1060 g/mol. The highest BCUT2D eigenvalue weighted by Crippen LogP contribution is 2.48. The van der Waals surface area contributed by atoms with Crippen molar-refractivity contribution in [3.63, 3.8) is 0 Å². The zero-order valence-corrected chi connectivity index (χ0v) is 42.4. The number of hydrogen-bond acceptors (Lipinski definition) is 2. The SMILES string of the molecule is [2H]c1c([2H])c([2H])c(-c2ccc3c(c2)n(-c2cccc(Oc4ccc5c6ccccc6n(-c6cc(C([2H])([2H])[2H])c(-c7c([2H])c([2H])c([2H])c([2H])c7[2H])cn6)c5c4)c2)[c-][n+]3-c2c(-c3cccc(C(C)(C)C)c3)cc(C([2H])([2H])[2H])cc2-c2c([2H])c([2H])c3c(c2[2H])C(C([2H])([2H])[2H])(C([2H])([2H])[2H])C([2H])([2H])C([2H])([2H])C3(C([2H])([2H])[2H])C([2H])([2H])[2H])c([2H])c1[2H]. The molecule has 0 N–H and O–H groups in total. The summed E-state index contributed by atoms with van der Waals surface area (Å²) in [5.74, 6) is 0.255. The highest BCUT2D eigenvalue weighted by atomic mass is 16.5. The Bertz CT molecular complexity index is 5960. The maximum absolute atomic E-state index is 10.5. The molecule has 13 rings (SSSR count). The maximum Gasteiger partial charge on any atom is 0.269 e. The molecule has 0 radical (unpaired) electrons. The van der Waals surface area contributed by atoms with E-state index >= 15 is 0 Å². The summed E-state index contributed by atoms with van der Waals surface area (Å²) in [6.07, 6.45) is -5.02. The van der Waals surface area contributed by atoms with E-state index in [4.69, 9.17) is 43.1 Å². The number of para-hydroxylation sites is 1. The molecule has 0 unspecified atom stereocenters. The average molecular weight is 1060 g/mol. The van der Waals surface area contributed by atoms with Gasteiger partial charge in [0.05, 0.1) is 51.3 Å². The molecule has 5 nitrogen and oxygen atoms in total. The highest BCUT2D eigenvalue weighted by Gasteiger charge is 2.37. The normalized spacial score (nSPS) is 22.6. The molecule has 0 saturated heterocycles. The second-order valence-electron chi connectivity index (χ2n) is 20.2. The van der Waals surface area contributed by atoms with Crippen LogP contribution >= 0.6 is 0 Å². The molecule has 0 bridgehead atoms. The van der Waals surface area contributed by atoms with Crippen molar-refractivity contribution in [1.29, 1.82) is 0 Å². The lowest BCUT2D eigenvalue weighted by molar-refractivity contribution is -0.571. The summed E-state index contributed by atoms with van der Waals surface area (Å²) < 4.78 is 328. The third-order valence-electron chi connectivity index (χ3n) is 13.9. The highest BCUT2D eigenvalue weighted by molar-refractivity contribution is 6.09. The zero-order chi connectivity index (χ0) is 84.3. The maximum atomic E-state index is 10.5. The Balaban J connectivity index is 1.12. The summed E-state index contributed by atoms with van der Waals surface area (Å²) in [5.41, 5.74) is -15.8. The van der Waals surface area contributed by atoms with Crippen molar-refractivity contribution in [1.82, 2.24) is 14.1 Å². The van der Waals surface area contributed by atoms with Crippen LogP contribution in [0.15, 0.2) is 212 Å². The van der Waals surface area contributed by atoms with Crippen molar-refractivity contribution in [2.24, 2.45) is 0 Å². The van der Waals surface area contributed by atoms with Gasteiger partial charge in [0.15, 0.2) is 0 Å². The zero-order valence-electron chi connectivity index (χ0n) is 77.4. The Hall–Kier alpha value is -8.80. The van der Waals surface area contributed by atoms with Gasteiger partial charge in [0, 0.05) is 58.8 Å². The molecule has 3 aromatic heterocycles. The van der Waals surface area contributed by atoms with E-state index in [-0.39, 0.29) is 73.1 Å². The molecule has 9 aromatic carbocycles. The van der Waals surface area contributed by atoms with Crippen molar-refractivity contribution in [2.75, 3.05) is 0 Å². The van der Waals surface area contributed by atoms with E-state index in [0.717, 1.165) is 12.3 Å². The van der Waals surface area contributed by atoms with Crippen molar-refractivity contribution in [2.45, 2.75) is 90.9 Å². The van der Waals surface area contributed by atoms with E-state index in [1.807, 2.05) is 26.8 Å². The van der Waals surface area contributed by atoms with Crippen LogP contribution in [0.4, 0.5) is 0 Å². The fraction of sp³-hybridized carbons (Fsp3) is 0.189. The largest absolute Gasteiger partial charge is 0.458 e. The van der Waals surface area contributed by atoms with Crippen LogP contribution in [0.3, 0.4) is 0 Å². The van der Waals surface area contributed by atoms with Gasteiger partial charge in [0.1, 0.15) is 17.3 Å². The smallest absolute Gasteiger partial charge is 0.269 e. The lowest BCUT2D eigenvalue weighted by Gasteiger charge is -2.42. The Morgan fingerprint density at radius 1 is 0.595 bits per heavy atom. The molecule has 5 heteroatoms. The van der Waals surface area contributed by atoms with Crippen LogP contribution < -0.4 is 9.30 Å². The molecular weight excluding hydrogens is 961 g/mol. The Labute approximate surface area is 514 Å². The Morgan fingerprint density at radius 3 is 2.10 bits per heavy atom. The molecule has 1 aliphatic carbocycles. The molecular formula is C74H66N4O. The third kappa shape index (κ3) is 8.92. The number of nitrogens with zero attached hydrogens (tertiary/aromatic N) is 4. The number of aryl methyl sites for hydroxylation is 2. The first-order chi connectivity index (χ1) is 52.4. The van der Waals surface area contributed by atoms with E-state index in [1.165, 1.54) is 45.5 Å². The van der Waals surface area contributed by atoms with Crippen LogP contribution in [0.5, 0.6) is 11.5 Å². The van der Waals surface area contributed by atoms with Gasteiger partial charge in [-0.2, -0.15) is 0 Å². The molecule has 0 spiro atoms. The molecule has 1 aliphatic rings. The van der Waals surface area contributed by atoms with Crippen molar-refractivity contribution >= 4 is 32.8 Å². The van der Waals surface area contributed by atoms with E-state index in [1.54, 1.807) is 83.4 Å². The first-order valence-corrected chi connectivity index (χ1v) is 24.9. The number of fused-ring (bicyclic) bond motifs is 5. The van der Waals surface area contributed by atoms with Crippen LogP contribution in [0.2, 0.25) is 0 Å². The fourth-order valence-electron chi connectivity index (χ4n) is 10.1. The van der Waals surface area contributed by atoms with E-state index in [2.05, 4.69) is 11.3 Å². The number of rotatable bonds is 9. The second kappa shape index (κ2) is 19.0. The first-order valence-electron chi connectivity index (χ1n) is 42.4. The lowest BCUT2D eigenvalue weighted by Crippen LogP contribution is -2.34. The Kier molecular flexibility index (Phi) is 5.88. The van der Waals surface area contributed by atoms with Gasteiger partial charge >= 0.3 is 0 Å². The number of ether oxygens (including phenoxy) is 1. The standard InChI is InChI=1S/C74H66N4O/c1-48-38-61(53-24-18-25-55(41-53)72(3,4)5)71(62(39-48)54-30-34-64-65(42-54)74(8,9)37-36-73(64,6)7)77-47-76(69-43-52(31-35-67(69)77)50-20-12-10-13-21-50)56-26-19-27-57(44-56)79-58-32-33-60-59-28-16-17-29-66(59)78(68(60)45-58)70-40-49(2)63(46-75-70)51-22-14-11-15-23-51/h10-35,38-46H,36-37H2,1-9H3/i1D3,2D3,6D3,7D3,8D3,9D3,10D,11D,12D,13D,14D,15D,20D,21D,22D,23D,30D,34D,36D2,37D2,42D. The summed E-state index contributed by atoms with van der Waals surface area (Å²) in [6.45, 7) is -18.4. The number of aromatic nitrogens is 4. The molecule has 0 atom stereocenters. The number of pyridine rings is 1. The predicted octanol–water partition coefficient (Wildman–Crippen LogP) is 18.9. The van der Waals surface area contributed by atoms with Gasteiger partial charge in [-0.1, -0.05) is 205 Å². The van der Waals surface area contributed by atoms with Crippen molar-refractivity contribution in [3.05, 3.63) is 246 Å². The Morgan fingerprint density at radius 2 is 1.33 bits per heavy atom. The fourth-order valence-corrected chi connectivity index (χ4v) is 10.1. The molecule has 0 saturated carbocycles. The number of benzene rings is 9. The molecule has 0 fully saturated rings. The van der Waals surface area contributed by atoms with Gasteiger partial charge in [-0.15, -0.1) is 0 Å².